The molecule has 0 aliphatic carbocycles. The molecule has 1 saturated heterocycles. The van der Waals surface area contributed by atoms with Gasteiger partial charge >= 0.3 is 6.18 Å². The van der Waals surface area contributed by atoms with E-state index in [1.54, 1.807) is 12.1 Å². The third-order valence-electron chi connectivity index (χ3n) is 5.51. The molecule has 5 nitrogen and oxygen atoms in total. The molecule has 1 aliphatic heterocycles. The fourth-order valence-corrected chi connectivity index (χ4v) is 3.64. The Bertz CT molecular complexity index is 923. The monoisotopic (exact) mass is 435 g/mol. The molecule has 2 heterocycles. The number of benzene rings is 1. The molecule has 1 amide bonds. The first kappa shape index (κ1) is 23.1. The van der Waals surface area contributed by atoms with Crippen molar-refractivity contribution in [3.8, 4) is 0 Å². The van der Waals surface area contributed by atoms with Crippen molar-refractivity contribution in [1.29, 1.82) is 0 Å². The Morgan fingerprint density at radius 2 is 1.94 bits per heavy atom. The Morgan fingerprint density at radius 1 is 1.23 bits per heavy atom. The molecule has 0 saturated carbocycles. The summed E-state index contributed by atoms with van der Waals surface area (Å²) < 4.78 is 44.9. The number of ether oxygens (including phenoxy) is 1. The van der Waals surface area contributed by atoms with Gasteiger partial charge in [0.25, 0.3) is 5.91 Å². The van der Waals surface area contributed by atoms with Crippen LogP contribution in [0.25, 0.3) is 0 Å². The summed E-state index contributed by atoms with van der Waals surface area (Å²) in [5, 5.41) is 5.92. The summed E-state index contributed by atoms with van der Waals surface area (Å²) >= 11 is 0. The van der Waals surface area contributed by atoms with E-state index >= 15 is 0 Å². The van der Waals surface area contributed by atoms with Gasteiger partial charge < -0.3 is 15.4 Å². The molecular formula is C23H28F3N3O2. The summed E-state index contributed by atoms with van der Waals surface area (Å²) in [7, 11) is 0. The van der Waals surface area contributed by atoms with Crippen LogP contribution in [0.4, 0.5) is 24.7 Å². The van der Waals surface area contributed by atoms with Crippen LogP contribution in [0.15, 0.2) is 30.5 Å². The SMILES string of the molecule is Cc1ccc(Nc2cc(C(C)C)c(C(=O)NCC3CCOCC3)cn2)cc1C(F)(F)F. The molecule has 1 aromatic heterocycles. The molecule has 2 N–H and O–H groups in total. The molecule has 0 atom stereocenters. The van der Waals surface area contributed by atoms with Crippen LogP contribution in [0.2, 0.25) is 0 Å². The highest BCUT2D eigenvalue weighted by Crippen LogP contribution is 2.34. The molecule has 0 radical (unpaired) electrons. The number of nitrogens with zero attached hydrogens (tertiary/aromatic N) is 1. The zero-order valence-corrected chi connectivity index (χ0v) is 18.0. The third-order valence-corrected chi connectivity index (χ3v) is 5.51. The molecule has 1 fully saturated rings. The molecule has 2 aromatic rings. The summed E-state index contributed by atoms with van der Waals surface area (Å²) in [6, 6.07) is 5.80. The predicted octanol–water partition coefficient (Wildman–Crippen LogP) is 5.43. The van der Waals surface area contributed by atoms with Crippen LogP contribution < -0.4 is 10.6 Å². The minimum absolute atomic E-state index is 0.0381. The van der Waals surface area contributed by atoms with E-state index in [0.717, 1.165) is 37.7 Å². The number of nitrogens with one attached hydrogen (secondary N) is 2. The number of halogens is 3. The summed E-state index contributed by atoms with van der Waals surface area (Å²) in [5.41, 5.74) is 1.02. The Labute approximate surface area is 180 Å². The van der Waals surface area contributed by atoms with Crippen LogP contribution in [-0.4, -0.2) is 30.6 Å². The number of anilines is 2. The van der Waals surface area contributed by atoms with Gasteiger partial charge in [0.05, 0.1) is 11.1 Å². The first-order valence-corrected chi connectivity index (χ1v) is 10.5. The fraction of sp³-hybridized carbons (Fsp3) is 0.478. The number of hydrogen-bond acceptors (Lipinski definition) is 4. The molecule has 0 bridgehead atoms. The largest absolute Gasteiger partial charge is 0.416 e. The third kappa shape index (κ3) is 5.97. The second-order valence-corrected chi connectivity index (χ2v) is 8.23. The number of pyridine rings is 1. The summed E-state index contributed by atoms with van der Waals surface area (Å²) in [6.45, 7) is 7.37. The average molecular weight is 435 g/mol. The number of carbonyl (C=O) groups is 1. The van der Waals surface area contributed by atoms with E-state index in [0.29, 0.717) is 23.8 Å². The van der Waals surface area contributed by atoms with Gasteiger partial charge in [0.2, 0.25) is 0 Å². The Balaban J connectivity index is 1.76. The van der Waals surface area contributed by atoms with Crippen molar-refractivity contribution in [2.24, 2.45) is 5.92 Å². The maximum absolute atomic E-state index is 13.2. The first-order chi connectivity index (χ1) is 14.6. The molecule has 0 unspecified atom stereocenters. The maximum Gasteiger partial charge on any atom is 0.416 e. The Hall–Kier alpha value is -2.61. The van der Waals surface area contributed by atoms with Crippen LogP contribution in [0.5, 0.6) is 0 Å². The lowest BCUT2D eigenvalue weighted by Gasteiger charge is -2.22. The number of aromatic nitrogens is 1. The number of amides is 1. The number of hydrogen-bond donors (Lipinski definition) is 2. The van der Waals surface area contributed by atoms with Gasteiger partial charge in [0.1, 0.15) is 5.82 Å². The van der Waals surface area contributed by atoms with Gasteiger partial charge in [0, 0.05) is 31.6 Å². The maximum atomic E-state index is 13.2. The lowest BCUT2D eigenvalue weighted by molar-refractivity contribution is -0.138. The van der Waals surface area contributed by atoms with Crippen LogP contribution in [-0.2, 0) is 10.9 Å². The van der Waals surface area contributed by atoms with Crippen LogP contribution in [0.3, 0.4) is 0 Å². The molecule has 1 aliphatic rings. The predicted molar refractivity (Wildman–Crippen MR) is 114 cm³/mol. The molecule has 8 heteroatoms. The van der Waals surface area contributed by atoms with Gasteiger partial charge in [-0.3, -0.25) is 4.79 Å². The summed E-state index contributed by atoms with van der Waals surface area (Å²) in [6.07, 6.45) is -1.09. The standard InChI is InChI=1S/C23H28F3N3O2/c1-14(2)18-11-21(29-17-5-4-15(3)20(10-17)23(24,25)26)27-13-19(18)22(30)28-12-16-6-8-31-9-7-16/h4-5,10-11,13-14,16H,6-9,12H2,1-3H3,(H,27,29)(H,28,30). The normalized spacial score (nSPS) is 15.2. The highest BCUT2D eigenvalue weighted by molar-refractivity contribution is 5.95. The van der Waals surface area contributed by atoms with Gasteiger partial charge in [-0.15, -0.1) is 0 Å². The van der Waals surface area contributed by atoms with Gasteiger partial charge in [-0.1, -0.05) is 19.9 Å². The molecule has 3 rings (SSSR count). The van der Waals surface area contributed by atoms with E-state index in [9.17, 15) is 18.0 Å². The number of rotatable bonds is 6. The lowest BCUT2D eigenvalue weighted by atomic mass is 9.97. The van der Waals surface area contributed by atoms with Gasteiger partial charge in [-0.05, 0) is 60.9 Å². The van der Waals surface area contributed by atoms with Crippen molar-refractivity contribution < 1.29 is 22.7 Å². The smallest absolute Gasteiger partial charge is 0.381 e. The van der Waals surface area contributed by atoms with E-state index in [2.05, 4.69) is 15.6 Å². The first-order valence-electron chi connectivity index (χ1n) is 10.5. The summed E-state index contributed by atoms with van der Waals surface area (Å²) in [5.74, 6) is 0.639. The van der Waals surface area contributed by atoms with Gasteiger partial charge in [0.15, 0.2) is 0 Å². The second kappa shape index (κ2) is 9.68. The van der Waals surface area contributed by atoms with Crippen molar-refractivity contribution in [3.63, 3.8) is 0 Å². The van der Waals surface area contributed by atoms with Crippen molar-refractivity contribution in [3.05, 3.63) is 52.7 Å². The van der Waals surface area contributed by atoms with Gasteiger partial charge in [-0.2, -0.15) is 13.2 Å². The zero-order valence-electron chi connectivity index (χ0n) is 18.0. The zero-order chi connectivity index (χ0) is 22.6. The molecule has 31 heavy (non-hydrogen) atoms. The van der Waals surface area contributed by atoms with Crippen molar-refractivity contribution >= 4 is 17.4 Å². The van der Waals surface area contributed by atoms with E-state index in [4.69, 9.17) is 4.74 Å². The average Bonchev–Trinajstić information content (AvgIpc) is 2.73. The highest BCUT2D eigenvalue weighted by atomic mass is 19.4. The van der Waals surface area contributed by atoms with Crippen molar-refractivity contribution in [2.45, 2.75) is 45.7 Å². The molecule has 168 valence electrons. The number of carbonyl (C=O) groups excluding carboxylic acids is 1. The second-order valence-electron chi connectivity index (χ2n) is 8.23. The minimum atomic E-state index is -4.43. The van der Waals surface area contributed by atoms with Crippen LogP contribution >= 0.6 is 0 Å². The fourth-order valence-electron chi connectivity index (χ4n) is 3.64. The topological polar surface area (TPSA) is 63.2 Å². The highest BCUT2D eigenvalue weighted by Gasteiger charge is 2.32. The molecular weight excluding hydrogens is 407 g/mol. The summed E-state index contributed by atoms with van der Waals surface area (Å²) in [4.78, 5) is 17.0. The Kier molecular flexibility index (Phi) is 7.20. The minimum Gasteiger partial charge on any atom is -0.381 e. The van der Waals surface area contributed by atoms with Crippen LogP contribution in [0, 0.1) is 12.8 Å². The van der Waals surface area contributed by atoms with E-state index in [1.165, 1.54) is 19.2 Å². The van der Waals surface area contributed by atoms with Crippen molar-refractivity contribution in [1.82, 2.24) is 10.3 Å². The van der Waals surface area contributed by atoms with Crippen molar-refractivity contribution in [2.75, 3.05) is 25.1 Å². The van der Waals surface area contributed by atoms with Crippen LogP contribution in [0.1, 0.15) is 59.7 Å². The number of alkyl halides is 3. The molecule has 0 spiro atoms. The van der Waals surface area contributed by atoms with Gasteiger partial charge in [-0.25, -0.2) is 4.98 Å². The Morgan fingerprint density at radius 3 is 2.58 bits per heavy atom. The molecule has 1 aromatic carbocycles. The van der Waals surface area contributed by atoms with E-state index in [1.807, 2.05) is 13.8 Å². The van der Waals surface area contributed by atoms with E-state index < -0.39 is 11.7 Å². The quantitative estimate of drug-likeness (QED) is 0.635. The van der Waals surface area contributed by atoms with E-state index in [-0.39, 0.29) is 23.1 Å². The lowest BCUT2D eigenvalue weighted by Crippen LogP contribution is -2.32. The number of aryl methyl sites for hydroxylation is 1.